The van der Waals surface area contributed by atoms with E-state index < -0.39 is 0 Å². The third-order valence-electron chi connectivity index (χ3n) is 2.52. The Morgan fingerprint density at radius 1 is 1.41 bits per heavy atom. The molecule has 0 atom stereocenters. The van der Waals surface area contributed by atoms with E-state index in [2.05, 4.69) is 35.2 Å². The van der Waals surface area contributed by atoms with E-state index in [9.17, 15) is 0 Å². The summed E-state index contributed by atoms with van der Waals surface area (Å²) in [7, 11) is 2.07. The second-order valence-corrected chi connectivity index (χ2v) is 3.94. The number of hydrogen-bond donors (Lipinski definition) is 1. The second-order valence-electron chi connectivity index (χ2n) is 3.94. The molecule has 17 heavy (non-hydrogen) atoms. The maximum atomic E-state index is 5.35. The number of hydrogen-bond acceptors (Lipinski definition) is 4. The van der Waals surface area contributed by atoms with Crippen LogP contribution in [-0.4, -0.2) is 38.3 Å². The molecule has 0 aromatic carbocycles. The first-order valence-corrected chi connectivity index (χ1v) is 6.26. The van der Waals surface area contributed by atoms with Crippen molar-refractivity contribution in [3.8, 4) is 0 Å². The topological polar surface area (TPSA) is 37.4 Å². The van der Waals surface area contributed by atoms with Gasteiger partial charge in [-0.15, -0.1) is 0 Å². The van der Waals surface area contributed by atoms with Crippen LogP contribution in [-0.2, 0) is 4.74 Å². The van der Waals surface area contributed by atoms with Gasteiger partial charge in [-0.1, -0.05) is 6.92 Å². The van der Waals surface area contributed by atoms with E-state index in [0.717, 1.165) is 38.5 Å². The predicted octanol–water partition coefficient (Wildman–Crippen LogP) is 2.38. The Bertz CT molecular complexity index is 317. The Labute approximate surface area is 104 Å². The minimum Gasteiger partial charge on any atom is -0.380 e. The number of aromatic nitrogens is 1. The van der Waals surface area contributed by atoms with Crippen LogP contribution in [0.1, 0.15) is 20.3 Å². The molecule has 0 spiro atoms. The molecule has 1 aromatic heterocycles. The van der Waals surface area contributed by atoms with E-state index in [1.54, 1.807) is 0 Å². The van der Waals surface area contributed by atoms with Crippen molar-refractivity contribution in [1.29, 1.82) is 0 Å². The largest absolute Gasteiger partial charge is 0.380 e. The predicted molar refractivity (Wildman–Crippen MR) is 72.8 cm³/mol. The number of rotatable bonds is 8. The fourth-order valence-electron chi connectivity index (χ4n) is 1.48. The van der Waals surface area contributed by atoms with Crippen molar-refractivity contribution < 1.29 is 4.74 Å². The van der Waals surface area contributed by atoms with Gasteiger partial charge in [0.2, 0.25) is 0 Å². The minimum absolute atomic E-state index is 0.757. The molecular formula is C13H23N3O. The molecule has 0 radical (unpaired) electrons. The molecule has 1 rings (SSSR count). The molecule has 1 N–H and O–H groups in total. The fraction of sp³-hybridized carbons (Fsp3) is 0.615. The van der Waals surface area contributed by atoms with Crippen molar-refractivity contribution in [3.05, 3.63) is 18.3 Å². The highest BCUT2D eigenvalue weighted by molar-refractivity contribution is 5.53. The van der Waals surface area contributed by atoms with Gasteiger partial charge in [0.1, 0.15) is 5.82 Å². The van der Waals surface area contributed by atoms with Crippen molar-refractivity contribution in [1.82, 2.24) is 4.98 Å². The molecule has 0 bridgehead atoms. The summed E-state index contributed by atoms with van der Waals surface area (Å²) in [5, 5.41) is 3.29. The van der Waals surface area contributed by atoms with E-state index in [0.29, 0.717) is 0 Å². The lowest BCUT2D eigenvalue weighted by molar-refractivity contribution is 0.154. The zero-order valence-electron chi connectivity index (χ0n) is 11.1. The number of anilines is 2. The van der Waals surface area contributed by atoms with Crippen LogP contribution in [0.5, 0.6) is 0 Å². The fourth-order valence-corrected chi connectivity index (χ4v) is 1.48. The van der Waals surface area contributed by atoms with E-state index >= 15 is 0 Å². The van der Waals surface area contributed by atoms with Crippen LogP contribution in [0.15, 0.2) is 18.3 Å². The summed E-state index contributed by atoms with van der Waals surface area (Å²) in [5.41, 5.74) is 1.17. The van der Waals surface area contributed by atoms with Crippen LogP contribution in [0.2, 0.25) is 0 Å². The number of likely N-dealkylation sites (N-methyl/N-ethyl adjacent to an activating group) is 1. The third-order valence-corrected chi connectivity index (χ3v) is 2.52. The quantitative estimate of drug-likeness (QED) is 0.704. The normalized spacial score (nSPS) is 10.3. The van der Waals surface area contributed by atoms with E-state index in [-0.39, 0.29) is 0 Å². The van der Waals surface area contributed by atoms with Gasteiger partial charge in [-0.2, -0.15) is 0 Å². The molecule has 0 amide bonds. The van der Waals surface area contributed by atoms with Gasteiger partial charge in [0.15, 0.2) is 0 Å². The maximum Gasteiger partial charge on any atom is 0.127 e. The number of nitrogens with zero attached hydrogens (tertiary/aromatic N) is 2. The van der Waals surface area contributed by atoms with Gasteiger partial charge in [0.05, 0.1) is 6.61 Å². The number of pyridine rings is 1. The van der Waals surface area contributed by atoms with Crippen LogP contribution in [0, 0.1) is 0 Å². The monoisotopic (exact) mass is 237 g/mol. The van der Waals surface area contributed by atoms with E-state index in [1.165, 1.54) is 5.69 Å². The smallest absolute Gasteiger partial charge is 0.127 e. The Morgan fingerprint density at radius 3 is 2.94 bits per heavy atom. The molecule has 4 nitrogen and oxygen atoms in total. The highest BCUT2D eigenvalue weighted by Gasteiger charge is 2.02. The summed E-state index contributed by atoms with van der Waals surface area (Å²) in [5.74, 6) is 0.938. The molecule has 0 fully saturated rings. The van der Waals surface area contributed by atoms with Crippen molar-refractivity contribution in [3.63, 3.8) is 0 Å². The van der Waals surface area contributed by atoms with Crippen LogP contribution in [0.25, 0.3) is 0 Å². The minimum atomic E-state index is 0.757. The first-order chi connectivity index (χ1) is 8.27. The molecule has 0 saturated heterocycles. The molecule has 1 heterocycles. The van der Waals surface area contributed by atoms with Crippen LogP contribution in [0.4, 0.5) is 11.5 Å². The average Bonchev–Trinajstić information content (AvgIpc) is 2.37. The van der Waals surface area contributed by atoms with Gasteiger partial charge >= 0.3 is 0 Å². The van der Waals surface area contributed by atoms with Gasteiger partial charge in [-0.3, -0.25) is 0 Å². The summed E-state index contributed by atoms with van der Waals surface area (Å²) in [4.78, 5) is 6.46. The summed E-state index contributed by atoms with van der Waals surface area (Å²) in [6, 6.07) is 4.09. The van der Waals surface area contributed by atoms with E-state index in [1.807, 2.05) is 19.2 Å². The lowest BCUT2D eigenvalue weighted by Gasteiger charge is -2.19. The maximum absolute atomic E-state index is 5.35. The highest BCUT2D eigenvalue weighted by Crippen LogP contribution is 2.15. The van der Waals surface area contributed by atoms with Crippen LogP contribution >= 0.6 is 0 Å². The summed E-state index contributed by atoms with van der Waals surface area (Å²) in [6.45, 7) is 7.54. The second kappa shape index (κ2) is 7.90. The Kier molecular flexibility index (Phi) is 6.40. The Hall–Kier alpha value is -1.29. The Morgan fingerprint density at radius 2 is 2.24 bits per heavy atom. The van der Waals surface area contributed by atoms with Gasteiger partial charge in [0, 0.05) is 44.7 Å². The molecule has 0 aliphatic heterocycles. The van der Waals surface area contributed by atoms with Crippen LogP contribution in [0.3, 0.4) is 0 Å². The third kappa shape index (κ3) is 5.04. The molecule has 0 aliphatic carbocycles. The molecular weight excluding hydrogens is 214 g/mol. The zero-order chi connectivity index (χ0) is 12.5. The molecule has 0 saturated carbocycles. The molecule has 96 valence electrons. The standard InChI is InChI=1S/C13H23N3O/c1-4-7-14-13-11-12(6-8-15-13)16(3)9-10-17-5-2/h6,8,11H,4-5,7,9-10H2,1-3H3,(H,14,15). The molecule has 0 unspecified atom stereocenters. The SMILES string of the molecule is CCCNc1cc(N(C)CCOCC)ccn1. The molecule has 0 aliphatic rings. The lowest BCUT2D eigenvalue weighted by Crippen LogP contribution is -2.22. The van der Waals surface area contributed by atoms with Crippen molar-refractivity contribution >= 4 is 11.5 Å². The summed E-state index contributed by atoms with van der Waals surface area (Å²) >= 11 is 0. The van der Waals surface area contributed by atoms with Gasteiger partial charge < -0.3 is 15.0 Å². The first kappa shape index (κ1) is 13.8. The van der Waals surface area contributed by atoms with Gasteiger partial charge in [0.25, 0.3) is 0 Å². The Balaban J connectivity index is 2.51. The highest BCUT2D eigenvalue weighted by atomic mass is 16.5. The first-order valence-electron chi connectivity index (χ1n) is 6.26. The van der Waals surface area contributed by atoms with Gasteiger partial charge in [-0.05, 0) is 19.4 Å². The van der Waals surface area contributed by atoms with Gasteiger partial charge in [-0.25, -0.2) is 4.98 Å². The summed E-state index contributed by atoms with van der Waals surface area (Å²) < 4.78 is 5.35. The zero-order valence-corrected chi connectivity index (χ0v) is 11.1. The summed E-state index contributed by atoms with van der Waals surface area (Å²) in [6.07, 6.45) is 2.94. The van der Waals surface area contributed by atoms with Crippen molar-refractivity contribution in [2.75, 3.05) is 43.6 Å². The molecule has 1 aromatic rings. The lowest BCUT2D eigenvalue weighted by atomic mass is 10.3. The molecule has 4 heteroatoms. The number of nitrogens with one attached hydrogen (secondary N) is 1. The van der Waals surface area contributed by atoms with Crippen LogP contribution < -0.4 is 10.2 Å². The number of ether oxygens (including phenoxy) is 1. The average molecular weight is 237 g/mol. The van der Waals surface area contributed by atoms with Crippen molar-refractivity contribution in [2.24, 2.45) is 0 Å². The van der Waals surface area contributed by atoms with E-state index in [4.69, 9.17) is 4.74 Å². The van der Waals surface area contributed by atoms with Crippen molar-refractivity contribution in [2.45, 2.75) is 20.3 Å².